The molecule has 3 heterocycles. The lowest BCUT2D eigenvalue weighted by Crippen LogP contribution is -2.37. The van der Waals surface area contributed by atoms with Gasteiger partial charge >= 0.3 is 5.97 Å². The summed E-state index contributed by atoms with van der Waals surface area (Å²) in [5.74, 6) is -1.03. The highest BCUT2D eigenvalue weighted by Crippen LogP contribution is 2.39. The number of fused-ring (bicyclic) bond motifs is 3. The van der Waals surface area contributed by atoms with Crippen LogP contribution in [0.4, 0.5) is 0 Å². The molecule has 4 heteroatoms. The van der Waals surface area contributed by atoms with E-state index in [9.17, 15) is 4.79 Å². The van der Waals surface area contributed by atoms with Crippen molar-refractivity contribution in [3.63, 3.8) is 0 Å². The first-order valence-electron chi connectivity index (χ1n) is 9.45. The van der Waals surface area contributed by atoms with Gasteiger partial charge in [0.05, 0.1) is 0 Å². The topological polar surface area (TPSA) is 53.7 Å². The van der Waals surface area contributed by atoms with Crippen molar-refractivity contribution in [2.75, 3.05) is 0 Å². The van der Waals surface area contributed by atoms with Crippen LogP contribution in [0.15, 0.2) is 65.1 Å². The van der Waals surface area contributed by atoms with Gasteiger partial charge in [-0.15, -0.1) is 0 Å². The van der Waals surface area contributed by atoms with E-state index in [-0.39, 0.29) is 5.76 Å². The summed E-state index contributed by atoms with van der Waals surface area (Å²) in [6, 6.07) is 19.3. The fourth-order valence-corrected chi connectivity index (χ4v) is 4.54. The van der Waals surface area contributed by atoms with Crippen LogP contribution in [0, 0.1) is 0 Å². The Morgan fingerprint density at radius 3 is 2.74 bits per heavy atom. The molecule has 2 atom stereocenters. The Kier molecular flexibility index (Phi) is 3.87. The summed E-state index contributed by atoms with van der Waals surface area (Å²) in [6.45, 7) is 0.886. The van der Waals surface area contributed by atoms with Gasteiger partial charge in [0.25, 0.3) is 0 Å². The quantitative estimate of drug-likeness (QED) is 0.716. The predicted octanol–water partition coefficient (Wildman–Crippen LogP) is 4.95. The summed E-state index contributed by atoms with van der Waals surface area (Å²) < 4.78 is 5.37. The van der Waals surface area contributed by atoms with Gasteiger partial charge in [0.1, 0.15) is 5.58 Å². The summed E-state index contributed by atoms with van der Waals surface area (Å²) in [5, 5.41) is 9.96. The molecule has 27 heavy (non-hydrogen) atoms. The van der Waals surface area contributed by atoms with E-state index in [2.05, 4.69) is 47.4 Å². The lowest BCUT2D eigenvalue weighted by Gasteiger charge is -2.34. The first-order chi connectivity index (χ1) is 13.2. The van der Waals surface area contributed by atoms with Crippen LogP contribution >= 0.6 is 0 Å². The lowest BCUT2D eigenvalue weighted by atomic mass is 9.94. The fraction of sp³-hybridized carbons (Fsp3) is 0.261. The van der Waals surface area contributed by atoms with E-state index in [1.54, 1.807) is 6.07 Å². The molecular formula is C23H21NO3. The Morgan fingerprint density at radius 2 is 1.96 bits per heavy atom. The molecule has 2 aliphatic heterocycles. The van der Waals surface area contributed by atoms with Crippen molar-refractivity contribution in [1.29, 1.82) is 0 Å². The molecule has 3 aromatic rings. The van der Waals surface area contributed by atoms with E-state index in [1.165, 1.54) is 29.5 Å². The van der Waals surface area contributed by atoms with Gasteiger partial charge < -0.3 is 9.52 Å². The molecule has 0 amide bonds. The van der Waals surface area contributed by atoms with E-state index in [0.717, 1.165) is 18.4 Å². The van der Waals surface area contributed by atoms with Crippen LogP contribution in [0.1, 0.15) is 40.9 Å². The lowest BCUT2D eigenvalue weighted by molar-refractivity contribution is 0.0665. The van der Waals surface area contributed by atoms with E-state index in [4.69, 9.17) is 9.52 Å². The molecule has 5 rings (SSSR count). The maximum atomic E-state index is 11.1. The van der Waals surface area contributed by atoms with Crippen LogP contribution in [0.5, 0.6) is 0 Å². The summed E-state index contributed by atoms with van der Waals surface area (Å²) in [7, 11) is 0. The van der Waals surface area contributed by atoms with Crippen molar-refractivity contribution in [2.24, 2.45) is 0 Å². The second kappa shape index (κ2) is 6.39. The zero-order valence-electron chi connectivity index (χ0n) is 15.0. The van der Waals surface area contributed by atoms with Crippen LogP contribution in [0.2, 0.25) is 0 Å². The van der Waals surface area contributed by atoms with E-state index in [1.807, 2.05) is 12.1 Å². The largest absolute Gasteiger partial charge is 0.475 e. The number of aromatic carboxylic acids is 1. The Balaban J connectivity index is 1.39. The maximum Gasteiger partial charge on any atom is 0.371 e. The van der Waals surface area contributed by atoms with Gasteiger partial charge in [-0.05, 0) is 54.2 Å². The number of carboxylic acid groups (broad SMARTS) is 1. The molecule has 1 N–H and O–H groups in total. The average molecular weight is 359 g/mol. The van der Waals surface area contributed by atoms with Gasteiger partial charge in [-0.1, -0.05) is 42.5 Å². The summed E-state index contributed by atoms with van der Waals surface area (Å²) in [4.78, 5) is 13.7. The molecule has 2 bridgehead atoms. The van der Waals surface area contributed by atoms with Crippen molar-refractivity contribution in [3.05, 3.63) is 77.6 Å². The molecule has 0 saturated carbocycles. The average Bonchev–Trinajstić information content (AvgIpc) is 3.20. The second-order valence-electron chi connectivity index (χ2n) is 7.52. The summed E-state index contributed by atoms with van der Waals surface area (Å²) >= 11 is 0. The molecule has 0 spiro atoms. The number of carbonyl (C=O) groups is 1. The standard InChI is InChI=1S/C23H21NO3/c25-23(26)22-13-18-10-15(6-9-21(18)27-22)14-24-19-7-8-20(24)12-17(11-19)16-4-2-1-3-5-16/h1-6,9-11,13,19-20H,7-8,12,14H2,(H,25,26). The molecule has 136 valence electrons. The van der Waals surface area contributed by atoms with Crippen LogP contribution in [0.3, 0.4) is 0 Å². The van der Waals surface area contributed by atoms with Gasteiger partial charge in [0, 0.05) is 24.0 Å². The predicted molar refractivity (Wildman–Crippen MR) is 105 cm³/mol. The van der Waals surface area contributed by atoms with Gasteiger partial charge in [0.2, 0.25) is 5.76 Å². The Hall–Kier alpha value is -2.85. The van der Waals surface area contributed by atoms with Crippen molar-refractivity contribution < 1.29 is 14.3 Å². The molecule has 4 nitrogen and oxygen atoms in total. The molecule has 2 aliphatic rings. The number of hydrogen-bond donors (Lipinski definition) is 1. The highest BCUT2D eigenvalue weighted by atomic mass is 16.4. The van der Waals surface area contributed by atoms with Crippen LogP contribution in [-0.2, 0) is 6.54 Å². The molecule has 1 saturated heterocycles. The number of nitrogens with zero attached hydrogens (tertiary/aromatic N) is 1. The van der Waals surface area contributed by atoms with Gasteiger partial charge in [-0.25, -0.2) is 4.79 Å². The molecule has 0 aliphatic carbocycles. The first-order valence-corrected chi connectivity index (χ1v) is 9.45. The second-order valence-corrected chi connectivity index (χ2v) is 7.52. The van der Waals surface area contributed by atoms with Gasteiger partial charge in [0.15, 0.2) is 0 Å². The number of benzene rings is 2. The molecule has 2 aromatic carbocycles. The van der Waals surface area contributed by atoms with E-state index >= 15 is 0 Å². The monoisotopic (exact) mass is 359 g/mol. The van der Waals surface area contributed by atoms with Crippen molar-refractivity contribution in [1.82, 2.24) is 4.90 Å². The zero-order valence-corrected chi connectivity index (χ0v) is 15.0. The van der Waals surface area contributed by atoms with Gasteiger partial charge in [-0.3, -0.25) is 4.90 Å². The van der Waals surface area contributed by atoms with E-state index in [0.29, 0.717) is 17.7 Å². The van der Waals surface area contributed by atoms with Crippen molar-refractivity contribution in [2.45, 2.75) is 37.9 Å². The smallest absolute Gasteiger partial charge is 0.371 e. The number of furan rings is 1. The molecule has 1 aromatic heterocycles. The van der Waals surface area contributed by atoms with Crippen molar-refractivity contribution in [3.8, 4) is 0 Å². The maximum absolute atomic E-state index is 11.1. The first kappa shape index (κ1) is 16.3. The Bertz CT molecular complexity index is 1030. The molecular weight excluding hydrogens is 338 g/mol. The number of carboxylic acids is 1. The SMILES string of the molecule is O=C(O)c1cc2cc(CN3C4C=C(c5ccccc5)CC3CC4)ccc2o1. The van der Waals surface area contributed by atoms with Crippen LogP contribution in [0.25, 0.3) is 16.5 Å². The minimum atomic E-state index is -1.03. The fourth-order valence-electron chi connectivity index (χ4n) is 4.54. The highest BCUT2D eigenvalue weighted by molar-refractivity contribution is 5.91. The van der Waals surface area contributed by atoms with E-state index < -0.39 is 5.97 Å². The normalized spacial score (nSPS) is 22.1. The molecule has 0 radical (unpaired) electrons. The molecule has 2 unspecified atom stereocenters. The van der Waals surface area contributed by atoms with Crippen molar-refractivity contribution >= 4 is 22.5 Å². The number of rotatable bonds is 4. The third kappa shape index (κ3) is 2.96. The zero-order chi connectivity index (χ0) is 18.4. The third-order valence-electron chi connectivity index (χ3n) is 5.84. The number of hydrogen-bond acceptors (Lipinski definition) is 3. The Labute approximate surface area is 157 Å². The summed E-state index contributed by atoms with van der Waals surface area (Å²) in [5.41, 5.74) is 4.64. The molecule has 1 fully saturated rings. The Morgan fingerprint density at radius 1 is 1.11 bits per heavy atom. The highest BCUT2D eigenvalue weighted by Gasteiger charge is 2.36. The third-order valence-corrected chi connectivity index (χ3v) is 5.84. The van der Waals surface area contributed by atoms with Crippen LogP contribution < -0.4 is 0 Å². The van der Waals surface area contributed by atoms with Gasteiger partial charge in [-0.2, -0.15) is 0 Å². The van der Waals surface area contributed by atoms with Crippen LogP contribution in [-0.4, -0.2) is 28.1 Å². The minimum Gasteiger partial charge on any atom is -0.475 e. The summed E-state index contributed by atoms with van der Waals surface area (Å²) in [6.07, 6.45) is 5.97. The minimum absolute atomic E-state index is 0.00405.